The van der Waals surface area contributed by atoms with Crippen LogP contribution in [0.15, 0.2) is 48.5 Å². The van der Waals surface area contributed by atoms with E-state index in [1.165, 1.54) is 5.56 Å². The fourth-order valence-corrected chi connectivity index (χ4v) is 3.49. The molecule has 1 aliphatic heterocycles. The number of aryl methyl sites for hydroxylation is 1. The number of hydrogen-bond acceptors (Lipinski definition) is 3. The maximum Gasteiger partial charge on any atom is 0.257 e. The lowest BCUT2D eigenvalue weighted by Gasteiger charge is -2.31. The van der Waals surface area contributed by atoms with Crippen molar-refractivity contribution >= 4 is 11.8 Å². The summed E-state index contributed by atoms with van der Waals surface area (Å²) < 4.78 is 5.29. The van der Waals surface area contributed by atoms with Crippen LogP contribution < -0.4 is 10.1 Å². The molecule has 2 aromatic carbocycles. The molecule has 1 aliphatic rings. The van der Waals surface area contributed by atoms with E-state index in [0.717, 1.165) is 5.56 Å². The molecule has 0 radical (unpaired) electrons. The number of carbonyl (C=O) groups excluding carboxylic acids is 2. The van der Waals surface area contributed by atoms with Crippen LogP contribution in [0.2, 0.25) is 0 Å². The SMILES string of the molecule is COc1ccccc1C(=O)N1CCC(C(=O)NCc2cccc(C)c2)CC1. The van der Waals surface area contributed by atoms with Gasteiger partial charge in [-0.25, -0.2) is 0 Å². The van der Waals surface area contributed by atoms with Crippen LogP contribution in [0, 0.1) is 12.8 Å². The number of nitrogens with one attached hydrogen (secondary N) is 1. The largest absolute Gasteiger partial charge is 0.496 e. The third-order valence-electron chi connectivity index (χ3n) is 5.04. The summed E-state index contributed by atoms with van der Waals surface area (Å²) in [5, 5.41) is 3.03. The molecule has 0 atom stereocenters. The van der Waals surface area contributed by atoms with Gasteiger partial charge >= 0.3 is 0 Å². The molecule has 1 saturated heterocycles. The number of nitrogens with zero attached hydrogens (tertiary/aromatic N) is 1. The number of benzene rings is 2. The van der Waals surface area contributed by atoms with Gasteiger partial charge in [0.05, 0.1) is 12.7 Å². The molecule has 1 N–H and O–H groups in total. The van der Waals surface area contributed by atoms with Crippen molar-refractivity contribution in [1.82, 2.24) is 10.2 Å². The molecule has 1 fully saturated rings. The Morgan fingerprint density at radius 1 is 1.11 bits per heavy atom. The zero-order valence-electron chi connectivity index (χ0n) is 15.9. The molecule has 0 aliphatic carbocycles. The monoisotopic (exact) mass is 366 g/mol. The first-order valence-corrected chi connectivity index (χ1v) is 9.34. The van der Waals surface area contributed by atoms with E-state index in [4.69, 9.17) is 4.74 Å². The summed E-state index contributed by atoms with van der Waals surface area (Å²) in [5.74, 6) is 0.573. The number of likely N-dealkylation sites (tertiary alicyclic amines) is 1. The third kappa shape index (κ3) is 4.67. The quantitative estimate of drug-likeness (QED) is 0.884. The molecule has 2 amide bonds. The van der Waals surface area contributed by atoms with Crippen molar-refractivity contribution in [2.75, 3.05) is 20.2 Å². The number of piperidine rings is 1. The molecule has 0 spiro atoms. The van der Waals surface area contributed by atoms with E-state index in [2.05, 4.69) is 11.4 Å². The third-order valence-corrected chi connectivity index (χ3v) is 5.04. The van der Waals surface area contributed by atoms with Crippen molar-refractivity contribution in [3.63, 3.8) is 0 Å². The summed E-state index contributed by atoms with van der Waals surface area (Å²) in [7, 11) is 1.57. The molecule has 0 aromatic heterocycles. The molecular formula is C22H26N2O3. The molecule has 0 saturated carbocycles. The first kappa shape index (κ1) is 19.0. The smallest absolute Gasteiger partial charge is 0.257 e. The van der Waals surface area contributed by atoms with E-state index in [9.17, 15) is 9.59 Å². The molecule has 2 aromatic rings. The first-order chi connectivity index (χ1) is 13.1. The van der Waals surface area contributed by atoms with E-state index in [-0.39, 0.29) is 17.7 Å². The second kappa shape index (κ2) is 8.71. The van der Waals surface area contributed by atoms with E-state index in [0.29, 0.717) is 43.8 Å². The van der Waals surface area contributed by atoms with Gasteiger partial charge in [0.25, 0.3) is 5.91 Å². The van der Waals surface area contributed by atoms with Crippen molar-refractivity contribution in [2.24, 2.45) is 5.92 Å². The molecule has 142 valence electrons. The van der Waals surface area contributed by atoms with Gasteiger partial charge < -0.3 is 15.0 Å². The maximum absolute atomic E-state index is 12.7. The summed E-state index contributed by atoms with van der Waals surface area (Å²) >= 11 is 0. The minimum atomic E-state index is -0.0449. The van der Waals surface area contributed by atoms with Crippen molar-refractivity contribution < 1.29 is 14.3 Å². The number of para-hydroxylation sites is 1. The molecule has 1 heterocycles. The highest BCUT2D eigenvalue weighted by atomic mass is 16.5. The Morgan fingerprint density at radius 2 is 1.85 bits per heavy atom. The average molecular weight is 366 g/mol. The van der Waals surface area contributed by atoms with E-state index in [1.54, 1.807) is 19.2 Å². The van der Waals surface area contributed by atoms with Crippen LogP contribution in [0.4, 0.5) is 0 Å². The fraction of sp³-hybridized carbons (Fsp3) is 0.364. The Morgan fingerprint density at radius 3 is 2.56 bits per heavy atom. The number of methoxy groups -OCH3 is 1. The Balaban J connectivity index is 1.52. The van der Waals surface area contributed by atoms with E-state index >= 15 is 0 Å². The number of rotatable bonds is 5. The van der Waals surface area contributed by atoms with E-state index < -0.39 is 0 Å². The second-order valence-corrected chi connectivity index (χ2v) is 6.97. The van der Waals surface area contributed by atoms with Crippen molar-refractivity contribution in [2.45, 2.75) is 26.3 Å². The highest BCUT2D eigenvalue weighted by molar-refractivity contribution is 5.97. The van der Waals surface area contributed by atoms with Crippen LogP contribution in [0.3, 0.4) is 0 Å². The fourth-order valence-electron chi connectivity index (χ4n) is 3.49. The topological polar surface area (TPSA) is 58.6 Å². The zero-order valence-corrected chi connectivity index (χ0v) is 15.9. The Labute approximate surface area is 160 Å². The van der Waals surface area contributed by atoms with Gasteiger partial charge in [0.2, 0.25) is 5.91 Å². The van der Waals surface area contributed by atoms with Crippen molar-refractivity contribution in [3.05, 3.63) is 65.2 Å². The molecule has 3 rings (SSSR count). The lowest BCUT2D eigenvalue weighted by Crippen LogP contribution is -2.43. The normalized spacial score (nSPS) is 14.7. The number of amides is 2. The Hall–Kier alpha value is -2.82. The summed E-state index contributed by atoms with van der Waals surface area (Å²) in [4.78, 5) is 27.0. The van der Waals surface area contributed by atoms with Gasteiger partial charge in [-0.1, -0.05) is 42.0 Å². The molecule has 0 bridgehead atoms. The molecule has 5 nitrogen and oxygen atoms in total. The summed E-state index contributed by atoms with van der Waals surface area (Å²) in [6.45, 7) is 3.75. The highest BCUT2D eigenvalue weighted by Crippen LogP contribution is 2.23. The van der Waals surface area contributed by atoms with E-state index in [1.807, 2.05) is 42.2 Å². The highest BCUT2D eigenvalue weighted by Gasteiger charge is 2.28. The second-order valence-electron chi connectivity index (χ2n) is 6.97. The van der Waals surface area contributed by atoms with Gasteiger partial charge in [-0.05, 0) is 37.5 Å². The van der Waals surface area contributed by atoms with Crippen molar-refractivity contribution in [3.8, 4) is 5.75 Å². The van der Waals surface area contributed by atoms with Crippen LogP contribution in [0.1, 0.15) is 34.3 Å². The summed E-state index contributed by atoms with van der Waals surface area (Å²) in [6.07, 6.45) is 1.36. The molecule has 5 heteroatoms. The lowest BCUT2D eigenvalue weighted by molar-refractivity contribution is -0.126. The summed E-state index contributed by atoms with van der Waals surface area (Å²) in [5.41, 5.74) is 2.86. The predicted octanol–water partition coefficient (Wildman–Crippen LogP) is 3.17. The van der Waals surface area contributed by atoms with Crippen LogP contribution >= 0.6 is 0 Å². The van der Waals surface area contributed by atoms with Crippen LogP contribution in [-0.2, 0) is 11.3 Å². The lowest BCUT2D eigenvalue weighted by atomic mass is 9.95. The number of ether oxygens (including phenoxy) is 1. The van der Waals surface area contributed by atoms with Crippen LogP contribution in [0.25, 0.3) is 0 Å². The van der Waals surface area contributed by atoms with Gasteiger partial charge in [-0.3, -0.25) is 9.59 Å². The van der Waals surface area contributed by atoms with Crippen LogP contribution in [0.5, 0.6) is 5.75 Å². The molecule has 0 unspecified atom stereocenters. The van der Waals surface area contributed by atoms with Gasteiger partial charge in [-0.15, -0.1) is 0 Å². The van der Waals surface area contributed by atoms with Crippen LogP contribution in [-0.4, -0.2) is 36.9 Å². The molecule has 27 heavy (non-hydrogen) atoms. The van der Waals surface area contributed by atoms with Gasteiger partial charge in [0, 0.05) is 25.6 Å². The number of carbonyl (C=O) groups is 2. The Kier molecular flexibility index (Phi) is 6.12. The standard InChI is InChI=1S/C22H26N2O3/c1-16-6-5-7-17(14-16)15-23-21(25)18-10-12-24(13-11-18)22(26)19-8-3-4-9-20(19)27-2/h3-9,14,18H,10-13,15H2,1-2H3,(H,23,25). The Bertz CT molecular complexity index is 811. The van der Waals surface area contributed by atoms with Gasteiger partial charge in [0.1, 0.15) is 5.75 Å². The number of hydrogen-bond donors (Lipinski definition) is 1. The molecular weight excluding hydrogens is 340 g/mol. The maximum atomic E-state index is 12.7. The minimum absolute atomic E-state index is 0.0360. The minimum Gasteiger partial charge on any atom is -0.496 e. The van der Waals surface area contributed by atoms with Gasteiger partial charge in [0.15, 0.2) is 0 Å². The average Bonchev–Trinajstić information content (AvgIpc) is 2.71. The van der Waals surface area contributed by atoms with Crippen molar-refractivity contribution in [1.29, 1.82) is 0 Å². The zero-order chi connectivity index (χ0) is 19.2. The predicted molar refractivity (Wildman–Crippen MR) is 105 cm³/mol. The van der Waals surface area contributed by atoms with Gasteiger partial charge in [-0.2, -0.15) is 0 Å². The summed E-state index contributed by atoms with van der Waals surface area (Å²) in [6, 6.07) is 15.4. The first-order valence-electron chi connectivity index (χ1n) is 9.34.